The fraction of sp³-hybridized carbons (Fsp3) is 0.944. The minimum Gasteiger partial charge on any atom is -0.356 e. The van der Waals surface area contributed by atoms with Gasteiger partial charge in [0.1, 0.15) is 0 Å². The van der Waals surface area contributed by atoms with E-state index in [0.29, 0.717) is 25.8 Å². The summed E-state index contributed by atoms with van der Waals surface area (Å²) in [6.45, 7) is 4.49. The second kappa shape index (κ2) is 15.6. The van der Waals surface area contributed by atoms with E-state index in [1.165, 1.54) is 51.4 Å². The standard InChI is InChI=1S/C18H37NO5S/c1-3-4-5-6-7-8-9-10-11-12-16-19-18(20)15-13-14-17(2)24-25(21,22)23/h17H,3-16H2,1-2H3,(H,19,20)(H,21,22,23). The van der Waals surface area contributed by atoms with Crippen LogP contribution in [0, 0.1) is 0 Å². The van der Waals surface area contributed by atoms with E-state index in [2.05, 4.69) is 16.4 Å². The van der Waals surface area contributed by atoms with Crippen LogP contribution < -0.4 is 5.32 Å². The van der Waals surface area contributed by atoms with Gasteiger partial charge in [0.05, 0.1) is 6.10 Å². The molecule has 1 atom stereocenters. The molecule has 2 N–H and O–H groups in total. The number of rotatable bonds is 17. The van der Waals surface area contributed by atoms with Crippen molar-refractivity contribution in [1.82, 2.24) is 5.32 Å². The van der Waals surface area contributed by atoms with Gasteiger partial charge in [0, 0.05) is 13.0 Å². The molecule has 7 heteroatoms. The maximum absolute atomic E-state index is 11.7. The first-order chi connectivity index (χ1) is 11.8. The van der Waals surface area contributed by atoms with Crippen LogP contribution >= 0.6 is 0 Å². The molecule has 0 saturated heterocycles. The SMILES string of the molecule is CCCCCCCCCCCCNC(=O)CCCC(C)OS(=O)(=O)O. The molecule has 25 heavy (non-hydrogen) atoms. The lowest BCUT2D eigenvalue weighted by atomic mass is 10.1. The summed E-state index contributed by atoms with van der Waals surface area (Å²) in [4.78, 5) is 11.7. The molecule has 0 aromatic carbocycles. The van der Waals surface area contributed by atoms with Crippen molar-refractivity contribution in [1.29, 1.82) is 0 Å². The first-order valence-electron chi connectivity index (χ1n) is 9.77. The van der Waals surface area contributed by atoms with Gasteiger partial charge in [0.2, 0.25) is 5.91 Å². The van der Waals surface area contributed by atoms with Gasteiger partial charge in [-0.1, -0.05) is 64.7 Å². The lowest BCUT2D eigenvalue weighted by Crippen LogP contribution is -2.24. The van der Waals surface area contributed by atoms with E-state index in [1.807, 2.05) is 0 Å². The predicted molar refractivity (Wildman–Crippen MR) is 101 cm³/mol. The Labute approximate surface area is 154 Å². The molecule has 0 aromatic rings. The molecule has 1 amide bonds. The zero-order valence-electron chi connectivity index (χ0n) is 16.0. The summed E-state index contributed by atoms with van der Waals surface area (Å²) in [6.07, 6.45) is 13.4. The predicted octanol–water partition coefficient (Wildman–Crippen LogP) is 4.40. The van der Waals surface area contributed by atoms with Crippen molar-refractivity contribution in [2.75, 3.05) is 6.54 Å². The third-order valence-electron chi connectivity index (χ3n) is 4.15. The third kappa shape index (κ3) is 19.5. The number of hydrogen-bond acceptors (Lipinski definition) is 4. The van der Waals surface area contributed by atoms with E-state index < -0.39 is 16.5 Å². The number of amides is 1. The van der Waals surface area contributed by atoms with Crippen LogP contribution in [0.3, 0.4) is 0 Å². The topological polar surface area (TPSA) is 92.7 Å². The molecule has 6 nitrogen and oxygen atoms in total. The highest BCUT2D eigenvalue weighted by atomic mass is 32.3. The van der Waals surface area contributed by atoms with Crippen molar-refractivity contribution in [3.05, 3.63) is 0 Å². The van der Waals surface area contributed by atoms with E-state index in [1.54, 1.807) is 6.92 Å². The summed E-state index contributed by atoms with van der Waals surface area (Å²) >= 11 is 0. The van der Waals surface area contributed by atoms with Crippen molar-refractivity contribution >= 4 is 16.3 Å². The maximum atomic E-state index is 11.7. The summed E-state index contributed by atoms with van der Waals surface area (Å²) in [6, 6.07) is 0. The summed E-state index contributed by atoms with van der Waals surface area (Å²) < 4.78 is 34.0. The second-order valence-corrected chi connectivity index (χ2v) is 7.81. The maximum Gasteiger partial charge on any atom is 0.397 e. The highest BCUT2D eigenvalue weighted by molar-refractivity contribution is 7.80. The summed E-state index contributed by atoms with van der Waals surface area (Å²) in [5, 5.41) is 2.88. The zero-order chi connectivity index (χ0) is 19.0. The normalized spacial score (nSPS) is 12.9. The van der Waals surface area contributed by atoms with Gasteiger partial charge in [-0.05, 0) is 26.2 Å². The quantitative estimate of drug-likeness (QED) is 0.288. The largest absolute Gasteiger partial charge is 0.397 e. The molecule has 0 radical (unpaired) electrons. The fourth-order valence-corrected chi connectivity index (χ4v) is 3.25. The van der Waals surface area contributed by atoms with E-state index in [-0.39, 0.29) is 5.91 Å². The molecule has 0 aliphatic rings. The van der Waals surface area contributed by atoms with Crippen molar-refractivity contribution < 1.29 is 21.9 Å². The first kappa shape index (κ1) is 24.3. The van der Waals surface area contributed by atoms with Gasteiger partial charge in [-0.3, -0.25) is 9.35 Å². The van der Waals surface area contributed by atoms with Crippen LogP contribution in [0.15, 0.2) is 0 Å². The van der Waals surface area contributed by atoms with Gasteiger partial charge < -0.3 is 5.32 Å². The van der Waals surface area contributed by atoms with Crippen molar-refractivity contribution in [3.8, 4) is 0 Å². The molecule has 0 fully saturated rings. The van der Waals surface area contributed by atoms with Gasteiger partial charge in [-0.25, -0.2) is 4.18 Å². The van der Waals surface area contributed by atoms with Crippen LogP contribution in [0.5, 0.6) is 0 Å². The van der Waals surface area contributed by atoms with Crippen LogP contribution in [-0.4, -0.2) is 31.5 Å². The fourth-order valence-electron chi connectivity index (χ4n) is 2.73. The zero-order valence-corrected chi connectivity index (χ0v) is 16.8. The molecule has 0 rings (SSSR count). The molecular formula is C18H37NO5S. The molecular weight excluding hydrogens is 342 g/mol. The summed E-state index contributed by atoms with van der Waals surface area (Å²) in [5.41, 5.74) is 0. The number of carbonyl (C=O) groups excluding carboxylic acids is 1. The Hall–Kier alpha value is -0.660. The van der Waals surface area contributed by atoms with Crippen molar-refractivity contribution in [3.63, 3.8) is 0 Å². The number of hydrogen-bond donors (Lipinski definition) is 2. The molecule has 0 aliphatic carbocycles. The molecule has 150 valence electrons. The van der Waals surface area contributed by atoms with Crippen molar-refractivity contribution in [2.45, 2.75) is 103 Å². The molecule has 0 bridgehead atoms. The lowest BCUT2D eigenvalue weighted by Gasteiger charge is -2.09. The summed E-state index contributed by atoms with van der Waals surface area (Å²) in [5.74, 6) is -0.0185. The first-order valence-corrected chi connectivity index (χ1v) is 11.1. The summed E-state index contributed by atoms with van der Waals surface area (Å²) in [7, 11) is -4.41. The van der Waals surface area contributed by atoms with Crippen LogP contribution in [0.25, 0.3) is 0 Å². The Bertz CT molecular complexity index is 425. The third-order valence-corrected chi connectivity index (χ3v) is 4.72. The molecule has 0 saturated carbocycles. The molecule has 0 aromatic heterocycles. The molecule has 0 spiro atoms. The highest BCUT2D eigenvalue weighted by Crippen LogP contribution is 2.10. The van der Waals surface area contributed by atoms with Crippen LogP contribution in [0.2, 0.25) is 0 Å². The Kier molecular flexibility index (Phi) is 15.2. The Morgan fingerprint density at radius 1 is 0.960 bits per heavy atom. The number of nitrogens with one attached hydrogen (secondary N) is 1. The van der Waals surface area contributed by atoms with Gasteiger partial charge in [0.25, 0.3) is 0 Å². The van der Waals surface area contributed by atoms with Gasteiger partial charge in [0.15, 0.2) is 0 Å². The molecule has 1 unspecified atom stereocenters. The average Bonchev–Trinajstić information content (AvgIpc) is 2.51. The number of unbranched alkanes of at least 4 members (excludes halogenated alkanes) is 9. The minimum absolute atomic E-state index is 0.0185. The van der Waals surface area contributed by atoms with Gasteiger partial charge in [-0.15, -0.1) is 0 Å². The second-order valence-electron chi connectivity index (χ2n) is 6.76. The Morgan fingerprint density at radius 3 is 2.00 bits per heavy atom. The van der Waals surface area contributed by atoms with Crippen molar-refractivity contribution in [2.24, 2.45) is 0 Å². The highest BCUT2D eigenvalue weighted by Gasteiger charge is 2.12. The van der Waals surface area contributed by atoms with E-state index in [0.717, 1.165) is 12.8 Å². The molecule has 0 heterocycles. The Balaban J connectivity index is 3.36. The van der Waals surface area contributed by atoms with E-state index >= 15 is 0 Å². The van der Waals surface area contributed by atoms with Gasteiger partial charge >= 0.3 is 10.4 Å². The lowest BCUT2D eigenvalue weighted by molar-refractivity contribution is -0.121. The monoisotopic (exact) mass is 379 g/mol. The van der Waals surface area contributed by atoms with E-state index in [9.17, 15) is 13.2 Å². The molecule has 0 aliphatic heterocycles. The average molecular weight is 380 g/mol. The van der Waals surface area contributed by atoms with E-state index in [4.69, 9.17) is 4.55 Å². The number of carbonyl (C=O) groups is 1. The van der Waals surface area contributed by atoms with Crippen LogP contribution in [0.4, 0.5) is 0 Å². The smallest absolute Gasteiger partial charge is 0.356 e. The minimum atomic E-state index is -4.41. The Morgan fingerprint density at radius 2 is 1.48 bits per heavy atom. The van der Waals surface area contributed by atoms with Crippen LogP contribution in [0.1, 0.15) is 97.3 Å². The van der Waals surface area contributed by atoms with Gasteiger partial charge in [-0.2, -0.15) is 8.42 Å². The van der Waals surface area contributed by atoms with Crippen LogP contribution in [-0.2, 0) is 19.4 Å².